The molecular weight excluding hydrogens is 376 g/mol. The number of benzene rings is 1. The van der Waals surface area contributed by atoms with E-state index in [4.69, 9.17) is 4.42 Å². The van der Waals surface area contributed by atoms with Gasteiger partial charge in [-0.25, -0.2) is 0 Å². The summed E-state index contributed by atoms with van der Waals surface area (Å²) in [6.45, 7) is 2.14. The number of thioether (sulfide) groups is 1. The Morgan fingerprint density at radius 2 is 2.23 bits per heavy atom. The van der Waals surface area contributed by atoms with Gasteiger partial charge in [0.1, 0.15) is 5.76 Å². The minimum Gasteiger partial charge on any atom is -0.467 e. The fraction of sp³-hybridized carbons (Fsp3) is 0.188. The number of hydrogen-bond acceptors (Lipinski definition) is 9. The quantitative estimate of drug-likeness (QED) is 0.266. The summed E-state index contributed by atoms with van der Waals surface area (Å²) < 4.78 is 5.86. The summed E-state index contributed by atoms with van der Waals surface area (Å²) in [6, 6.07) is 8.15. The first-order chi connectivity index (χ1) is 12.5. The van der Waals surface area contributed by atoms with Crippen molar-refractivity contribution in [1.82, 2.24) is 10.2 Å². The van der Waals surface area contributed by atoms with Gasteiger partial charge in [-0.15, -0.1) is 10.2 Å². The van der Waals surface area contributed by atoms with Crippen LogP contribution >= 0.6 is 23.1 Å². The molecule has 8 nitrogen and oxygen atoms in total. The summed E-state index contributed by atoms with van der Waals surface area (Å²) in [5.74, 6) is 0.719. The maximum absolute atomic E-state index is 12.3. The van der Waals surface area contributed by atoms with Gasteiger partial charge in [0, 0.05) is 17.2 Å². The van der Waals surface area contributed by atoms with Gasteiger partial charge in [-0.1, -0.05) is 35.2 Å². The Bertz CT molecular complexity index is 924. The summed E-state index contributed by atoms with van der Waals surface area (Å²) in [7, 11) is 0. The standard InChI is InChI=1S/C16H14N4O4S2/c1-10-4-5-11(7-13(10)20(22)23)14(21)9-25-16-19-18-15(26-16)17-8-12-3-2-6-24-12/h2-7H,8-9H2,1H3,(H,17,18). The summed E-state index contributed by atoms with van der Waals surface area (Å²) in [6.07, 6.45) is 1.60. The molecule has 2 aromatic heterocycles. The lowest BCUT2D eigenvalue weighted by Crippen LogP contribution is -2.04. The monoisotopic (exact) mass is 390 g/mol. The molecule has 0 saturated carbocycles. The Morgan fingerprint density at radius 3 is 2.96 bits per heavy atom. The van der Waals surface area contributed by atoms with E-state index >= 15 is 0 Å². The summed E-state index contributed by atoms with van der Waals surface area (Å²) >= 11 is 2.58. The van der Waals surface area contributed by atoms with Gasteiger partial charge in [-0.3, -0.25) is 14.9 Å². The fourth-order valence-corrected chi connectivity index (χ4v) is 3.75. The second kappa shape index (κ2) is 8.11. The zero-order chi connectivity index (χ0) is 18.5. The number of nitro groups is 1. The Kier molecular flexibility index (Phi) is 5.64. The van der Waals surface area contributed by atoms with E-state index < -0.39 is 4.92 Å². The average molecular weight is 390 g/mol. The molecule has 0 amide bonds. The van der Waals surface area contributed by atoms with Crippen LogP contribution in [0.25, 0.3) is 0 Å². The smallest absolute Gasteiger partial charge is 0.273 e. The third-order valence-electron chi connectivity index (χ3n) is 3.45. The van der Waals surface area contributed by atoms with E-state index in [1.165, 1.54) is 29.2 Å². The van der Waals surface area contributed by atoms with Crippen molar-refractivity contribution in [2.24, 2.45) is 0 Å². The molecule has 0 fully saturated rings. The van der Waals surface area contributed by atoms with Crippen LogP contribution in [-0.4, -0.2) is 26.7 Å². The molecule has 10 heteroatoms. The number of nitro benzene ring substituents is 1. The van der Waals surface area contributed by atoms with Gasteiger partial charge in [-0.05, 0) is 19.1 Å². The molecular formula is C16H14N4O4S2. The maximum atomic E-state index is 12.3. The topological polar surface area (TPSA) is 111 Å². The molecule has 0 bridgehead atoms. The molecule has 1 aromatic carbocycles. The highest BCUT2D eigenvalue weighted by Crippen LogP contribution is 2.27. The molecule has 1 N–H and O–H groups in total. The van der Waals surface area contributed by atoms with Crippen LogP contribution in [-0.2, 0) is 6.54 Å². The van der Waals surface area contributed by atoms with Crippen molar-refractivity contribution in [3.8, 4) is 0 Å². The van der Waals surface area contributed by atoms with Crippen LogP contribution in [0.2, 0.25) is 0 Å². The van der Waals surface area contributed by atoms with E-state index in [2.05, 4.69) is 15.5 Å². The number of carbonyl (C=O) groups excluding carboxylic acids is 1. The molecule has 0 atom stereocenters. The van der Waals surface area contributed by atoms with Crippen molar-refractivity contribution in [2.45, 2.75) is 17.8 Å². The van der Waals surface area contributed by atoms with Crippen molar-refractivity contribution < 1.29 is 14.1 Å². The van der Waals surface area contributed by atoms with Gasteiger partial charge in [0.15, 0.2) is 10.1 Å². The van der Waals surface area contributed by atoms with Gasteiger partial charge in [0.2, 0.25) is 5.13 Å². The number of carbonyl (C=O) groups is 1. The van der Waals surface area contributed by atoms with Crippen LogP contribution in [0.1, 0.15) is 21.7 Å². The molecule has 0 aliphatic heterocycles. The van der Waals surface area contributed by atoms with Crippen LogP contribution < -0.4 is 5.32 Å². The molecule has 134 valence electrons. The van der Waals surface area contributed by atoms with E-state index in [1.807, 2.05) is 6.07 Å². The minimum atomic E-state index is -0.485. The number of anilines is 1. The van der Waals surface area contributed by atoms with Gasteiger partial charge in [-0.2, -0.15) is 0 Å². The Balaban J connectivity index is 1.56. The third kappa shape index (κ3) is 4.46. The summed E-state index contributed by atoms with van der Waals surface area (Å²) in [4.78, 5) is 22.8. The zero-order valence-corrected chi connectivity index (χ0v) is 15.3. The second-order valence-corrected chi connectivity index (χ2v) is 7.48. The highest BCUT2D eigenvalue weighted by atomic mass is 32.2. The lowest BCUT2D eigenvalue weighted by Gasteiger charge is -2.02. The predicted octanol–water partition coefficient (Wildman–Crippen LogP) is 3.93. The number of furan rings is 1. The molecule has 3 aromatic rings. The number of aromatic nitrogens is 2. The molecule has 0 unspecified atom stereocenters. The number of rotatable bonds is 8. The summed E-state index contributed by atoms with van der Waals surface area (Å²) in [5, 5.41) is 22.7. The third-order valence-corrected chi connectivity index (χ3v) is 5.47. The van der Waals surface area contributed by atoms with E-state index in [0.29, 0.717) is 27.1 Å². The molecule has 0 radical (unpaired) electrons. The average Bonchev–Trinajstić information content (AvgIpc) is 3.29. The van der Waals surface area contributed by atoms with E-state index in [-0.39, 0.29) is 17.2 Å². The van der Waals surface area contributed by atoms with Gasteiger partial charge >= 0.3 is 0 Å². The predicted molar refractivity (Wildman–Crippen MR) is 98.8 cm³/mol. The zero-order valence-electron chi connectivity index (χ0n) is 13.7. The second-order valence-electron chi connectivity index (χ2n) is 5.28. The molecule has 2 heterocycles. The normalized spacial score (nSPS) is 10.7. The first kappa shape index (κ1) is 18.1. The SMILES string of the molecule is Cc1ccc(C(=O)CSc2nnc(NCc3ccco3)s2)cc1[N+](=O)[O-]. The number of aryl methyl sites for hydroxylation is 1. The molecule has 0 spiro atoms. The van der Waals surface area contributed by atoms with Crippen LogP contribution in [0.15, 0.2) is 45.4 Å². The Hall–Kier alpha value is -2.72. The Morgan fingerprint density at radius 1 is 1.38 bits per heavy atom. The molecule has 0 aliphatic carbocycles. The number of ketones is 1. The first-order valence-corrected chi connectivity index (χ1v) is 9.34. The van der Waals surface area contributed by atoms with E-state index in [1.54, 1.807) is 31.4 Å². The van der Waals surface area contributed by atoms with Gasteiger partial charge in [0.05, 0.1) is 23.5 Å². The first-order valence-electron chi connectivity index (χ1n) is 7.54. The van der Waals surface area contributed by atoms with Crippen molar-refractivity contribution >= 4 is 39.7 Å². The maximum Gasteiger partial charge on any atom is 0.273 e. The lowest BCUT2D eigenvalue weighted by atomic mass is 10.1. The van der Waals surface area contributed by atoms with Gasteiger partial charge in [0.25, 0.3) is 5.69 Å². The highest BCUT2D eigenvalue weighted by Gasteiger charge is 2.16. The van der Waals surface area contributed by atoms with Crippen molar-refractivity contribution in [3.05, 3.63) is 63.6 Å². The molecule has 3 rings (SSSR count). The van der Waals surface area contributed by atoms with Crippen LogP contribution in [0.5, 0.6) is 0 Å². The van der Waals surface area contributed by atoms with Crippen LogP contribution in [0, 0.1) is 17.0 Å². The van der Waals surface area contributed by atoms with Crippen molar-refractivity contribution in [3.63, 3.8) is 0 Å². The number of nitrogens with zero attached hydrogens (tertiary/aromatic N) is 3. The Labute approximate surface area is 156 Å². The summed E-state index contributed by atoms with van der Waals surface area (Å²) in [5.41, 5.74) is 0.785. The van der Waals surface area contributed by atoms with E-state index in [9.17, 15) is 14.9 Å². The largest absolute Gasteiger partial charge is 0.467 e. The minimum absolute atomic E-state index is 0.0545. The number of hydrogen-bond donors (Lipinski definition) is 1. The number of nitrogens with one attached hydrogen (secondary N) is 1. The molecule has 26 heavy (non-hydrogen) atoms. The van der Waals surface area contributed by atoms with Gasteiger partial charge < -0.3 is 9.73 Å². The molecule has 0 aliphatic rings. The molecule has 0 saturated heterocycles. The highest BCUT2D eigenvalue weighted by molar-refractivity contribution is 8.01. The van der Waals surface area contributed by atoms with Crippen molar-refractivity contribution in [1.29, 1.82) is 0 Å². The van der Waals surface area contributed by atoms with Crippen LogP contribution in [0.4, 0.5) is 10.8 Å². The van der Waals surface area contributed by atoms with Crippen molar-refractivity contribution in [2.75, 3.05) is 11.1 Å². The number of Topliss-reactive ketones (excluding diaryl/α,β-unsaturated/α-hetero) is 1. The lowest BCUT2D eigenvalue weighted by molar-refractivity contribution is -0.385. The van der Waals surface area contributed by atoms with Crippen LogP contribution in [0.3, 0.4) is 0 Å². The van der Waals surface area contributed by atoms with E-state index in [0.717, 1.165) is 5.76 Å². The fourth-order valence-electron chi connectivity index (χ4n) is 2.11.